The molecule has 1 aliphatic heterocycles. The lowest BCUT2D eigenvalue weighted by Gasteiger charge is -2.04. The minimum absolute atomic E-state index is 0.0566. The van der Waals surface area contributed by atoms with E-state index in [2.05, 4.69) is 0 Å². The molecule has 0 aliphatic carbocycles. The molecule has 0 amide bonds. The van der Waals surface area contributed by atoms with E-state index in [-0.39, 0.29) is 6.61 Å². The van der Waals surface area contributed by atoms with Gasteiger partial charge in [-0.05, 0) is 19.2 Å². The first-order valence-electron chi connectivity index (χ1n) is 3.53. The first-order chi connectivity index (χ1) is 4.66. The molecule has 0 fully saturated rings. The molecule has 58 valence electrons. The SMILES string of the molecule is CC1=CP(=O)(CCO)CC1. The smallest absolute Gasteiger partial charge is 0.111 e. The molecule has 0 aromatic rings. The zero-order chi connectivity index (χ0) is 7.61. The first kappa shape index (κ1) is 8.03. The zero-order valence-electron chi connectivity index (χ0n) is 6.21. The molecule has 1 rings (SSSR count). The van der Waals surface area contributed by atoms with Crippen LogP contribution in [0.4, 0.5) is 0 Å². The highest BCUT2D eigenvalue weighted by molar-refractivity contribution is 7.67. The molecule has 0 aromatic carbocycles. The van der Waals surface area contributed by atoms with E-state index in [1.54, 1.807) is 0 Å². The van der Waals surface area contributed by atoms with E-state index in [1.807, 2.05) is 12.7 Å². The van der Waals surface area contributed by atoms with E-state index in [1.165, 1.54) is 5.57 Å². The van der Waals surface area contributed by atoms with E-state index in [4.69, 9.17) is 5.11 Å². The van der Waals surface area contributed by atoms with Gasteiger partial charge in [0.15, 0.2) is 0 Å². The van der Waals surface area contributed by atoms with E-state index in [0.29, 0.717) is 6.16 Å². The molecule has 1 unspecified atom stereocenters. The molecule has 1 N–H and O–H groups in total. The summed E-state index contributed by atoms with van der Waals surface area (Å²) < 4.78 is 11.6. The fourth-order valence-electron chi connectivity index (χ4n) is 1.24. The first-order valence-corrected chi connectivity index (χ1v) is 5.68. The molecule has 0 radical (unpaired) electrons. The molecule has 0 bridgehead atoms. The third-order valence-corrected chi connectivity index (χ3v) is 4.67. The van der Waals surface area contributed by atoms with Crippen LogP contribution in [0.25, 0.3) is 0 Å². The van der Waals surface area contributed by atoms with Crippen LogP contribution in [0.5, 0.6) is 0 Å². The van der Waals surface area contributed by atoms with Crippen LogP contribution in [0.2, 0.25) is 0 Å². The summed E-state index contributed by atoms with van der Waals surface area (Å²) in [6, 6.07) is 0. The molecule has 1 atom stereocenters. The van der Waals surface area contributed by atoms with Gasteiger partial charge < -0.3 is 9.67 Å². The van der Waals surface area contributed by atoms with E-state index >= 15 is 0 Å². The maximum atomic E-state index is 11.6. The molecule has 10 heavy (non-hydrogen) atoms. The van der Waals surface area contributed by atoms with Gasteiger partial charge in [-0.2, -0.15) is 0 Å². The van der Waals surface area contributed by atoms with Gasteiger partial charge in [0.25, 0.3) is 0 Å². The summed E-state index contributed by atoms with van der Waals surface area (Å²) in [5.41, 5.74) is 1.22. The van der Waals surface area contributed by atoms with E-state index < -0.39 is 7.14 Å². The van der Waals surface area contributed by atoms with Crippen LogP contribution < -0.4 is 0 Å². The summed E-state index contributed by atoms with van der Waals surface area (Å²) in [5, 5.41) is 8.58. The second-order valence-electron chi connectivity index (χ2n) is 2.85. The van der Waals surface area contributed by atoms with Crippen LogP contribution in [0.1, 0.15) is 13.3 Å². The molecule has 0 saturated heterocycles. The highest BCUT2D eigenvalue weighted by Gasteiger charge is 2.23. The van der Waals surface area contributed by atoms with Crippen molar-refractivity contribution in [1.29, 1.82) is 0 Å². The predicted molar refractivity (Wildman–Crippen MR) is 42.8 cm³/mol. The second kappa shape index (κ2) is 2.89. The predicted octanol–water partition coefficient (Wildman–Crippen LogP) is 1.65. The average molecular weight is 160 g/mol. The van der Waals surface area contributed by atoms with Crippen molar-refractivity contribution in [3.05, 3.63) is 11.4 Å². The largest absolute Gasteiger partial charge is 0.396 e. The molecule has 0 saturated carbocycles. The van der Waals surface area contributed by atoms with Gasteiger partial charge in [-0.1, -0.05) is 5.57 Å². The van der Waals surface area contributed by atoms with Gasteiger partial charge in [-0.25, -0.2) is 0 Å². The maximum Gasteiger partial charge on any atom is 0.111 e. The lowest BCUT2D eigenvalue weighted by molar-refractivity contribution is 0.319. The van der Waals surface area contributed by atoms with Gasteiger partial charge in [-0.15, -0.1) is 0 Å². The van der Waals surface area contributed by atoms with Gasteiger partial charge in [0, 0.05) is 12.3 Å². The monoisotopic (exact) mass is 160 g/mol. The molecular formula is C7H13O2P. The molecule has 1 aliphatic rings. The van der Waals surface area contributed by atoms with E-state index in [0.717, 1.165) is 12.6 Å². The molecule has 3 heteroatoms. The van der Waals surface area contributed by atoms with Crippen molar-refractivity contribution in [2.24, 2.45) is 0 Å². The van der Waals surface area contributed by atoms with Crippen molar-refractivity contribution in [3.63, 3.8) is 0 Å². The summed E-state index contributed by atoms with van der Waals surface area (Å²) in [4.78, 5) is 0. The van der Waals surface area contributed by atoms with Crippen molar-refractivity contribution < 1.29 is 9.67 Å². The summed E-state index contributed by atoms with van der Waals surface area (Å²) >= 11 is 0. The van der Waals surface area contributed by atoms with Crippen molar-refractivity contribution in [2.75, 3.05) is 18.9 Å². The summed E-state index contributed by atoms with van der Waals surface area (Å²) in [6.45, 7) is 2.05. The Morgan fingerprint density at radius 2 is 2.50 bits per heavy atom. The highest BCUT2D eigenvalue weighted by atomic mass is 31.2. The highest BCUT2D eigenvalue weighted by Crippen LogP contribution is 2.53. The van der Waals surface area contributed by atoms with Crippen LogP contribution in [0, 0.1) is 0 Å². The second-order valence-corrected chi connectivity index (χ2v) is 5.91. The van der Waals surface area contributed by atoms with Gasteiger partial charge >= 0.3 is 0 Å². The fraction of sp³-hybridized carbons (Fsp3) is 0.714. The Morgan fingerprint density at radius 1 is 1.80 bits per heavy atom. The van der Waals surface area contributed by atoms with Crippen LogP contribution in [0.15, 0.2) is 11.4 Å². The normalized spacial score (nSPS) is 32.4. The number of aliphatic hydroxyl groups is 1. The molecule has 1 heterocycles. The Hall–Kier alpha value is -0.0700. The molecule has 2 nitrogen and oxygen atoms in total. The topological polar surface area (TPSA) is 37.3 Å². The van der Waals surface area contributed by atoms with E-state index in [9.17, 15) is 4.57 Å². The van der Waals surface area contributed by atoms with Gasteiger partial charge in [-0.3, -0.25) is 0 Å². The summed E-state index contributed by atoms with van der Waals surface area (Å²) in [5.74, 6) is 1.86. The summed E-state index contributed by atoms with van der Waals surface area (Å²) in [7, 11) is -2.04. The molecule has 0 aromatic heterocycles. The van der Waals surface area contributed by atoms with Crippen LogP contribution >= 0.6 is 7.14 Å². The number of allylic oxidation sites excluding steroid dienone is 1. The van der Waals surface area contributed by atoms with Crippen molar-refractivity contribution in [3.8, 4) is 0 Å². The lowest BCUT2D eigenvalue weighted by atomic mass is 10.3. The Balaban J connectivity index is 2.64. The standard InChI is InChI=1S/C7H13O2P/c1-7-2-4-10(9,6-7)5-3-8/h6,8H,2-5H2,1H3. The summed E-state index contributed by atoms with van der Waals surface area (Å²) in [6.07, 6.45) is 2.21. The Kier molecular flexibility index (Phi) is 2.32. The van der Waals surface area contributed by atoms with Crippen LogP contribution in [-0.2, 0) is 4.57 Å². The van der Waals surface area contributed by atoms with Gasteiger partial charge in [0.1, 0.15) is 7.14 Å². The molecule has 0 spiro atoms. The van der Waals surface area contributed by atoms with Crippen LogP contribution in [-0.4, -0.2) is 24.0 Å². The minimum Gasteiger partial charge on any atom is -0.396 e. The minimum atomic E-state index is -2.04. The zero-order valence-corrected chi connectivity index (χ0v) is 7.10. The van der Waals surface area contributed by atoms with Crippen molar-refractivity contribution in [1.82, 2.24) is 0 Å². The average Bonchev–Trinajstić information content (AvgIpc) is 2.12. The number of rotatable bonds is 2. The number of hydrogen-bond donors (Lipinski definition) is 1. The third-order valence-electron chi connectivity index (χ3n) is 1.82. The van der Waals surface area contributed by atoms with Crippen LogP contribution in [0.3, 0.4) is 0 Å². The van der Waals surface area contributed by atoms with Gasteiger partial charge in [0.2, 0.25) is 0 Å². The van der Waals surface area contributed by atoms with Gasteiger partial charge in [0.05, 0.1) is 6.61 Å². The lowest BCUT2D eigenvalue weighted by Crippen LogP contribution is -1.92. The van der Waals surface area contributed by atoms with Crippen molar-refractivity contribution in [2.45, 2.75) is 13.3 Å². The quantitative estimate of drug-likeness (QED) is 0.623. The van der Waals surface area contributed by atoms with Crippen molar-refractivity contribution >= 4 is 7.14 Å². The number of aliphatic hydroxyl groups excluding tert-OH is 1. The number of hydrogen-bond acceptors (Lipinski definition) is 2. The maximum absolute atomic E-state index is 11.6. The Morgan fingerprint density at radius 3 is 2.90 bits per heavy atom. The third kappa shape index (κ3) is 1.71. The Bertz CT molecular complexity index is 196. The fourth-order valence-corrected chi connectivity index (χ4v) is 3.73. The Labute approximate surface area is 61.3 Å². The molecular weight excluding hydrogens is 147 g/mol.